The zero-order valence-electron chi connectivity index (χ0n) is 16.0. The molecule has 0 spiro atoms. The number of aromatic nitrogens is 1. The number of hydrogen-bond donors (Lipinski definition) is 1. The molecule has 0 unspecified atom stereocenters. The van der Waals surface area contributed by atoms with E-state index in [0.29, 0.717) is 34.4 Å². The number of anilines is 1. The van der Waals surface area contributed by atoms with Crippen molar-refractivity contribution in [2.45, 2.75) is 39.5 Å². The van der Waals surface area contributed by atoms with Crippen LogP contribution in [0.25, 0.3) is 0 Å². The van der Waals surface area contributed by atoms with Crippen LogP contribution in [0.1, 0.15) is 58.1 Å². The molecule has 2 aromatic heterocycles. The van der Waals surface area contributed by atoms with Gasteiger partial charge in [-0.2, -0.15) is 0 Å². The summed E-state index contributed by atoms with van der Waals surface area (Å²) in [5.74, 6) is -0.285. The summed E-state index contributed by atoms with van der Waals surface area (Å²) in [7, 11) is 0. The van der Waals surface area contributed by atoms with Crippen LogP contribution in [-0.2, 0) is 11.2 Å². The minimum atomic E-state index is -0.259. The van der Waals surface area contributed by atoms with Gasteiger partial charge in [-0.15, -0.1) is 11.3 Å². The molecule has 28 heavy (non-hydrogen) atoms. The van der Waals surface area contributed by atoms with Crippen molar-refractivity contribution >= 4 is 45.4 Å². The molecule has 1 N–H and O–H groups in total. The Hall–Kier alpha value is -2.06. The van der Waals surface area contributed by atoms with Crippen LogP contribution < -0.4 is 5.32 Å². The van der Waals surface area contributed by atoms with Crippen molar-refractivity contribution < 1.29 is 14.4 Å². The molecule has 1 saturated heterocycles. The lowest BCUT2D eigenvalue weighted by molar-refractivity contribution is -0.121. The second-order valence-electron chi connectivity index (χ2n) is 8.29. The van der Waals surface area contributed by atoms with Crippen LogP contribution in [0.15, 0.2) is 17.5 Å². The van der Waals surface area contributed by atoms with Gasteiger partial charge < -0.3 is 10.2 Å². The second-order valence-corrected chi connectivity index (χ2v) is 10.2. The van der Waals surface area contributed by atoms with Crippen LogP contribution in [0.5, 0.6) is 0 Å². The number of amides is 2. The highest BCUT2D eigenvalue weighted by molar-refractivity contribution is 7.17. The Balaban J connectivity index is 1.43. The number of fused-ring (bicyclic) bond motifs is 1. The Morgan fingerprint density at radius 1 is 1.32 bits per heavy atom. The van der Waals surface area contributed by atoms with Crippen molar-refractivity contribution in [3.05, 3.63) is 33.0 Å². The maximum Gasteiger partial charge on any atom is 0.263 e. The summed E-state index contributed by atoms with van der Waals surface area (Å²) < 4.78 is 0. The average Bonchev–Trinajstić information content (AvgIpc) is 3.30. The Labute approximate surface area is 172 Å². The Morgan fingerprint density at radius 2 is 2.14 bits per heavy atom. The van der Waals surface area contributed by atoms with Crippen LogP contribution in [0.4, 0.5) is 5.13 Å². The Bertz CT molecular complexity index is 917. The topological polar surface area (TPSA) is 79.4 Å². The summed E-state index contributed by atoms with van der Waals surface area (Å²) in [6.07, 6.45) is 2.80. The summed E-state index contributed by atoms with van der Waals surface area (Å²) in [6, 6.07) is 3.67. The van der Waals surface area contributed by atoms with Crippen molar-refractivity contribution in [3.63, 3.8) is 0 Å². The number of rotatable bonds is 3. The molecule has 0 saturated carbocycles. The lowest BCUT2D eigenvalue weighted by atomic mass is 9.78. The van der Waals surface area contributed by atoms with E-state index < -0.39 is 0 Å². The first-order chi connectivity index (χ1) is 13.3. The molecule has 0 bridgehead atoms. The average molecular weight is 418 g/mol. The quantitative estimate of drug-likeness (QED) is 0.823. The summed E-state index contributed by atoms with van der Waals surface area (Å²) in [4.78, 5) is 45.4. The van der Waals surface area contributed by atoms with Gasteiger partial charge >= 0.3 is 0 Å². The molecule has 2 aromatic rings. The standard InChI is InChI=1S/C20H23N3O3S2/c1-20(2)9-13-16(14(24)10-20)28-19(21-13)22-17(25)12-5-3-7-23(11-12)18(26)15-6-4-8-27-15/h4,6,8,12H,3,5,7,9-11H2,1-2H3,(H,21,22,25)/t12-/m0/s1. The number of thiazole rings is 1. The van der Waals surface area contributed by atoms with Gasteiger partial charge in [-0.25, -0.2) is 4.98 Å². The third kappa shape index (κ3) is 3.89. The van der Waals surface area contributed by atoms with E-state index in [1.807, 2.05) is 17.5 Å². The van der Waals surface area contributed by atoms with E-state index in [4.69, 9.17) is 0 Å². The molecule has 4 rings (SSSR count). The monoisotopic (exact) mass is 417 g/mol. The number of carbonyl (C=O) groups is 3. The highest BCUT2D eigenvalue weighted by Crippen LogP contribution is 2.38. The van der Waals surface area contributed by atoms with E-state index in [2.05, 4.69) is 24.1 Å². The molecular formula is C20H23N3O3S2. The van der Waals surface area contributed by atoms with Gasteiger partial charge in [0.15, 0.2) is 10.9 Å². The van der Waals surface area contributed by atoms with Crippen LogP contribution in [0.2, 0.25) is 0 Å². The van der Waals surface area contributed by atoms with E-state index in [0.717, 1.165) is 25.0 Å². The minimum Gasteiger partial charge on any atom is -0.337 e. The second kappa shape index (κ2) is 7.40. The minimum absolute atomic E-state index is 0.00922. The first-order valence-electron chi connectivity index (χ1n) is 9.49. The molecule has 2 amide bonds. The first-order valence-corrected chi connectivity index (χ1v) is 11.2. The number of nitrogens with one attached hydrogen (secondary N) is 1. The zero-order chi connectivity index (χ0) is 19.9. The number of carbonyl (C=O) groups excluding carboxylic acids is 3. The molecule has 3 heterocycles. The number of piperidine rings is 1. The van der Waals surface area contributed by atoms with Gasteiger partial charge in [-0.05, 0) is 36.1 Å². The van der Waals surface area contributed by atoms with Gasteiger partial charge in [-0.1, -0.05) is 31.3 Å². The molecule has 148 valence electrons. The molecule has 1 aliphatic heterocycles. The highest BCUT2D eigenvalue weighted by atomic mass is 32.1. The SMILES string of the molecule is CC1(C)CC(=O)c2sc(NC(=O)[C@H]3CCCN(C(=O)c4cccs4)C3)nc2C1. The van der Waals surface area contributed by atoms with Crippen LogP contribution in [0, 0.1) is 11.3 Å². The Morgan fingerprint density at radius 3 is 2.89 bits per heavy atom. The zero-order valence-corrected chi connectivity index (χ0v) is 17.6. The third-order valence-electron chi connectivity index (χ3n) is 5.28. The van der Waals surface area contributed by atoms with Crippen molar-refractivity contribution in [1.82, 2.24) is 9.88 Å². The van der Waals surface area contributed by atoms with E-state index in [1.165, 1.54) is 22.7 Å². The van der Waals surface area contributed by atoms with Crippen LogP contribution in [0.3, 0.4) is 0 Å². The predicted octanol–water partition coefficient (Wildman–Crippen LogP) is 3.85. The molecule has 6 nitrogen and oxygen atoms in total. The van der Waals surface area contributed by atoms with Gasteiger partial charge in [0.1, 0.15) is 0 Å². The van der Waals surface area contributed by atoms with Crippen LogP contribution >= 0.6 is 22.7 Å². The maximum absolute atomic E-state index is 12.8. The summed E-state index contributed by atoms with van der Waals surface area (Å²) in [6.45, 7) is 5.22. The lowest BCUT2D eigenvalue weighted by Crippen LogP contribution is -2.43. The highest BCUT2D eigenvalue weighted by Gasteiger charge is 2.35. The fourth-order valence-electron chi connectivity index (χ4n) is 3.91. The van der Waals surface area contributed by atoms with Gasteiger partial charge in [0.05, 0.1) is 21.4 Å². The molecule has 1 aliphatic carbocycles. The Kier molecular flexibility index (Phi) is 5.09. The summed E-state index contributed by atoms with van der Waals surface area (Å²) >= 11 is 2.69. The van der Waals surface area contributed by atoms with Crippen molar-refractivity contribution in [2.75, 3.05) is 18.4 Å². The summed E-state index contributed by atoms with van der Waals surface area (Å²) in [5, 5.41) is 5.26. The van der Waals surface area contributed by atoms with Gasteiger partial charge in [0.2, 0.25) is 5.91 Å². The van der Waals surface area contributed by atoms with E-state index in [1.54, 1.807) is 4.90 Å². The molecule has 0 aromatic carbocycles. The van der Waals surface area contributed by atoms with Crippen molar-refractivity contribution in [1.29, 1.82) is 0 Å². The maximum atomic E-state index is 12.8. The van der Waals surface area contributed by atoms with Gasteiger partial charge in [0.25, 0.3) is 5.91 Å². The number of thiophene rings is 1. The molecule has 2 aliphatic rings. The summed E-state index contributed by atoms with van der Waals surface area (Å²) in [5.41, 5.74) is 0.700. The van der Waals surface area contributed by atoms with E-state index in [9.17, 15) is 14.4 Å². The van der Waals surface area contributed by atoms with E-state index in [-0.39, 0.29) is 28.9 Å². The fourth-order valence-corrected chi connectivity index (χ4v) is 5.53. The number of Topliss-reactive ketones (excluding diaryl/α,β-unsaturated/α-hetero) is 1. The molecule has 1 fully saturated rings. The fraction of sp³-hybridized carbons (Fsp3) is 0.500. The molecule has 1 atom stereocenters. The number of nitrogens with zero attached hydrogens (tertiary/aromatic N) is 2. The van der Waals surface area contributed by atoms with Crippen molar-refractivity contribution in [2.24, 2.45) is 11.3 Å². The predicted molar refractivity (Wildman–Crippen MR) is 110 cm³/mol. The number of ketones is 1. The van der Waals surface area contributed by atoms with Gasteiger partial charge in [-0.3, -0.25) is 14.4 Å². The molecular weight excluding hydrogens is 394 g/mol. The third-order valence-corrected chi connectivity index (χ3v) is 7.19. The largest absolute Gasteiger partial charge is 0.337 e. The van der Waals surface area contributed by atoms with E-state index >= 15 is 0 Å². The number of hydrogen-bond acceptors (Lipinski definition) is 6. The number of likely N-dealkylation sites (tertiary alicyclic amines) is 1. The van der Waals surface area contributed by atoms with Crippen LogP contribution in [-0.4, -0.2) is 40.6 Å². The molecule has 8 heteroatoms. The lowest BCUT2D eigenvalue weighted by Gasteiger charge is -2.31. The normalized spacial score (nSPS) is 21.3. The molecule has 0 radical (unpaired) electrons. The first kappa shape index (κ1) is 19.3. The van der Waals surface area contributed by atoms with Crippen molar-refractivity contribution in [3.8, 4) is 0 Å². The van der Waals surface area contributed by atoms with Gasteiger partial charge in [0, 0.05) is 19.5 Å². The smallest absolute Gasteiger partial charge is 0.263 e.